The summed E-state index contributed by atoms with van der Waals surface area (Å²) < 4.78 is 13.5. The Hall–Kier alpha value is -1.21. The average Bonchev–Trinajstić information content (AvgIpc) is 2.33. The molecule has 0 radical (unpaired) electrons. The molecule has 0 heterocycles. The van der Waals surface area contributed by atoms with Crippen LogP contribution in [0.15, 0.2) is 12.1 Å². The molecule has 0 bridgehead atoms. The fourth-order valence-corrected chi connectivity index (χ4v) is 2.11. The third kappa shape index (κ3) is 4.27. The number of nitrogens with zero attached hydrogens (tertiary/aromatic N) is 1. The molecular weight excluding hydrogens is 235 g/mol. The molecule has 1 aromatic carbocycles. The second kappa shape index (κ2) is 7.18. The van der Waals surface area contributed by atoms with Gasteiger partial charge in [0.2, 0.25) is 0 Å². The quantitative estimate of drug-likeness (QED) is 0.786. The smallest absolute Gasteiger partial charge is 0.129 e. The van der Waals surface area contributed by atoms with E-state index in [4.69, 9.17) is 5.26 Å². The molecule has 17 heavy (non-hydrogen) atoms. The molecule has 92 valence electrons. The number of hydrogen-bond acceptors (Lipinski definition) is 3. The van der Waals surface area contributed by atoms with Gasteiger partial charge in [-0.2, -0.15) is 17.0 Å². The maximum absolute atomic E-state index is 13.5. The SMILES string of the molecule is CCSCCCNc1cc(C#N)cc(F)c1C. The van der Waals surface area contributed by atoms with Crippen molar-refractivity contribution in [3.05, 3.63) is 29.1 Å². The van der Waals surface area contributed by atoms with Crippen LogP contribution < -0.4 is 5.32 Å². The van der Waals surface area contributed by atoms with E-state index in [1.54, 1.807) is 13.0 Å². The molecule has 0 unspecified atom stereocenters. The van der Waals surface area contributed by atoms with Gasteiger partial charge in [0.25, 0.3) is 0 Å². The van der Waals surface area contributed by atoms with Gasteiger partial charge in [0.05, 0.1) is 11.6 Å². The van der Waals surface area contributed by atoms with Gasteiger partial charge in [-0.3, -0.25) is 0 Å². The van der Waals surface area contributed by atoms with E-state index in [0.717, 1.165) is 30.2 Å². The molecular formula is C13H17FN2S. The van der Waals surface area contributed by atoms with Gasteiger partial charge >= 0.3 is 0 Å². The summed E-state index contributed by atoms with van der Waals surface area (Å²) in [5.74, 6) is 1.90. The molecule has 1 N–H and O–H groups in total. The molecule has 0 saturated heterocycles. The minimum atomic E-state index is -0.325. The molecule has 0 aromatic heterocycles. The Morgan fingerprint density at radius 2 is 2.24 bits per heavy atom. The first-order valence-corrected chi connectivity index (χ1v) is 6.86. The Morgan fingerprint density at radius 1 is 1.47 bits per heavy atom. The normalized spacial score (nSPS) is 10.0. The fraction of sp³-hybridized carbons (Fsp3) is 0.462. The van der Waals surface area contributed by atoms with E-state index in [9.17, 15) is 4.39 Å². The first-order chi connectivity index (χ1) is 8.19. The van der Waals surface area contributed by atoms with Gasteiger partial charge in [0, 0.05) is 17.8 Å². The highest BCUT2D eigenvalue weighted by molar-refractivity contribution is 7.99. The topological polar surface area (TPSA) is 35.8 Å². The second-order valence-corrected chi connectivity index (χ2v) is 5.11. The standard InChI is InChI=1S/C13H17FN2S/c1-3-17-6-4-5-16-13-8-11(9-15)7-12(14)10(13)2/h7-8,16H,3-6H2,1-2H3. The molecule has 2 nitrogen and oxygen atoms in total. The fourth-order valence-electron chi connectivity index (χ4n) is 1.47. The van der Waals surface area contributed by atoms with Crippen LogP contribution >= 0.6 is 11.8 Å². The van der Waals surface area contributed by atoms with E-state index in [-0.39, 0.29) is 5.82 Å². The van der Waals surface area contributed by atoms with Crippen molar-refractivity contribution >= 4 is 17.4 Å². The number of anilines is 1. The van der Waals surface area contributed by atoms with Crippen molar-refractivity contribution in [2.45, 2.75) is 20.3 Å². The van der Waals surface area contributed by atoms with Crippen LogP contribution in [0.3, 0.4) is 0 Å². The van der Waals surface area contributed by atoms with Crippen molar-refractivity contribution in [2.75, 3.05) is 23.4 Å². The largest absolute Gasteiger partial charge is 0.385 e. The van der Waals surface area contributed by atoms with E-state index in [0.29, 0.717) is 11.1 Å². The summed E-state index contributed by atoms with van der Waals surface area (Å²) in [4.78, 5) is 0. The second-order valence-electron chi connectivity index (χ2n) is 3.72. The lowest BCUT2D eigenvalue weighted by Gasteiger charge is -2.10. The molecule has 1 aromatic rings. The van der Waals surface area contributed by atoms with E-state index >= 15 is 0 Å². The van der Waals surface area contributed by atoms with Crippen LogP contribution in [-0.4, -0.2) is 18.1 Å². The van der Waals surface area contributed by atoms with Gasteiger partial charge < -0.3 is 5.32 Å². The molecule has 0 fully saturated rings. The predicted octanol–water partition coefficient (Wildman–Crippen LogP) is 3.56. The first-order valence-electron chi connectivity index (χ1n) is 5.71. The molecule has 0 amide bonds. The summed E-state index contributed by atoms with van der Waals surface area (Å²) in [5.41, 5.74) is 1.66. The molecule has 0 saturated carbocycles. The van der Waals surface area contributed by atoms with Crippen LogP contribution in [0.25, 0.3) is 0 Å². The predicted molar refractivity (Wildman–Crippen MR) is 72.0 cm³/mol. The summed E-state index contributed by atoms with van der Waals surface area (Å²) in [6.07, 6.45) is 1.04. The lowest BCUT2D eigenvalue weighted by Crippen LogP contribution is -2.05. The molecule has 0 atom stereocenters. The number of hydrogen-bond donors (Lipinski definition) is 1. The van der Waals surface area contributed by atoms with E-state index < -0.39 is 0 Å². The van der Waals surface area contributed by atoms with E-state index in [1.165, 1.54) is 6.07 Å². The maximum atomic E-state index is 13.5. The average molecular weight is 252 g/mol. The molecule has 1 rings (SSSR count). The number of thioether (sulfide) groups is 1. The van der Waals surface area contributed by atoms with Crippen molar-refractivity contribution in [1.82, 2.24) is 0 Å². The number of halogens is 1. The highest BCUT2D eigenvalue weighted by Crippen LogP contribution is 2.20. The van der Waals surface area contributed by atoms with E-state index in [1.807, 2.05) is 17.8 Å². The number of nitrogens with one attached hydrogen (secondary N) is 1. The van der Waals surface area contributed by atoms with Gasteiger partial charge in [-0.15, -0.1) is 0 Å². The van der Waals surface area contributed by atoms with Crippen LogP contribution in [0.1, 0.15) is 24.5 Å². The minimum absolute atomic E-state index is 0.325. The Labute approximate surface area is 106 Å². The monoisotopic (exact) mass is 252 g/mol. The van der Waals surface area contributed by atoms with Crippen molar-refractivity contribution in [2.24, 2.45) is 0 Å². The van der Waals surface area contributed by atoms with Crippen LogP contribution in [-0.2, 0) is 0 Å². The van der Waals surface area contributed by atoms with Crippen LogP contribution in [0.2, 0.25) is 0 Å². The molecule has 0 spiro atoms. The van der Waals surface area contributed by atoms with Gasteiger partial charge in [0.1, 0.15) is 5.82 Å². The Balaban J connectivity index is 2.58. The summed E-state index contributed by atoms with van der Waals surface area (Å²) in [6, 6.07) is 4.93. The highest BCUT2D eigenvalue weighted by Gasteiger charge is 2.06. The van der Waals surface area contributed by atoms with Crippen molar-refractivity contribution < 1.29 is 4.39 Å². The van der Waals surface area contributed by atoms with Crippen LogP contribution in [0.5, 0.6) is 0 Å². The summed E-state index contributed by atoms with van der Waals surface area (Å²) in [5, 5.41) is 12.0. The molecule has 0 aliphatic rings. The zero-order valence-electron chi connectivity index (χ0n) is 10.2. The van der Waals surface area contributed by atoms with Crippen LogP contribution in [0, 0.1) is 24.1 Å². The summed E-state index contributed by atoms with van der Waals surface area (Å²) in [6.45, 7) is 4.66. The van der Waals surface area contributed by atoms with E-state index in [2.05, 4.69) is 12.2 Å². The van der Waals surface area contributed by atoms with Crippen molar-refractivity contribution in [1.29, 1.82) is 5.26 Å². The molecule has 4 heteroatoms. The number of nitriles is 1. The maximum Gasteiger partial charge on any atom is 0.129 e. The molecule has 0 aliphatic carbocycles. The third-order valence-corrected chi connectivity index (χ3v) is 3.44. The lowest BCUT2D eigenvalue weighted by atomic mass is 10.1. The minimum Gasteiger partial charge on any atom is -0.385 e. The lowest BCUT2D eigenvalue weighted by molar-refractivity contribution is 0.618. The zero-order chi connectivity index (χ0) is 12.7. The Morgan fingerprint density at radius 3 is 2.88 bits per heavy atom. The van der Waals surface area contributed by atoms with Crippen LogP contribution in [0.4, 0.5) is 10.1 Å². The van der Waals surface area contributed by atoms with Crippen molar-refractivity contribution in [3.63, 3.8) is 0 Å². The zero-order valence-corrected chi connectivity index (χ0v) is 11.0. The first kappa shape index (κ1) is 13.9. The van der Waals surface area contributed by atoms with Gasteiger partial charge in [-0.05, 0) is 37.0 Å². The summed E-state index contributed by atoms with van der Waals surface area (Å²) >= 11 is 1.89. The third-order valence-electron chi connectivity index (χ3n) is 2.46. The number of benzene rings is 1. The summed E-state index contributed by atoms with van der Waals surface area (Å²) in [7, 11) is 0. The van der Waals surface area contributed by atoms with Gasteiger partial charge in [-0.25, -0.2) is 4.39 Å². The highest BCUT2D eigenvalue weighted by atomic mass is 32.2. The Kier molecular flexibility index (Phi) is 5.85. The Bertz CT molecular complexity index is 413. The van der Waals surface area contributed by atoms with Gasteiger partial charge in [0.15, 0.2) is 0 Å². The van der Waals surface area contributed by atoms with Gasteiger partial charge in [-0.1, -0.05) is 6.92 Å². The number of rotatable bonds is 6. The van der Waals surface area contributed by atoms with Crippen molar-refractivity contribution in [3.8, 4) is 6.07 Å². The molecule has 0 aliphatic heterocycles.